The smallest absolute Gasteiger partial charge is 0.321 e. The van der Waals surface area contributed by atoms with Gasteiger partial charge >= 0.3 is 5.97 Å². The van der Waals surface area contributed by atoms with Gasteiger partial charge < -0.3 is 14.2 Å². The Morgan fingerprint density at radius 1 is 1.16 bits per heavy atom. The van der Waals surface area contributed by atoms with Gasteiger partial charge in [-0.25, -0.2) is 13.4 Å². The predicted octanol–water partition coefficient (Wildman–Crippen LogP) is 3.38. The minimum Gasteiger partial charge on any atom is -0.490 e. The molecule has 0 saturated carbocycles. The van der Waals surface area contributed by atoms with E-state index >= 15 is 0 Å². The summed E-state index contributed by atoms with van der Waals surface area (Å²) in [5, 5.41) is 1.32. The lowest BCUT2D eigenvalue weighted by Crippen LogP contribution is -2.30. The monoisotopic (exact) mass is 476 g/mol. The van der Waals surface area contributed by atoms with Crippen LogP contribution in [0.4, 0.5) is 0 Å². The first-order valence-corrected chi connectivity index (χ1v) is 11.8. The quantitative estimate of drug-likeness (QED) is 0.544. The molecule has 2 aromatic carbocycles. The van der Waals surface area contributed by atoms with E-state index in [2.05, 4.69) is 9.71 Å². The Labute approximate surface area is 190 Å². The number of nitrogens with one attached hydrogen (secondary N) is 1. The van der Waals surface area contributed by atoms with Gasteiger partial charge in [-0.3, -0.25) is 4.79 Å². The number of pyridine rings is 1. The highest BCUT2D eigenvalue weighted by molar-refractivity contribution is 7.89. The molecule has 0 atom stereocenters. The number of para-hydroxylation sites is 1. The minimum atomic E-state index is -3.96. The standard InChI is InChI=1S/C22H21ClN2O6S/c1-14-16-5-2-3-6-17(16)25-18(22(14)23)13-31-21(26)12-24-32(27,28)15-7-8-19-20(11-15)30-10-4-9-29-19/h2-3,5-8,11,24H,4,9-10,12-13H2,1H3. The van der Waals surface area contributed by atoms with Gasteiger partial charge in [0.05, 0.1) is 34.3 Å². The Kier molecular flexibility index (Phi) is 6.50. The highest BCUT2D eigenvalue weighted by atomic mass is 35.5. The summed E-state index contributed by atoms with van der Waals surface area (Å²) in [7, 11) is -3.96. The molecule has 4 rings (SSSR count). The van der Waals surface area contributed by atoms with Crippen LogP contribution in [-0.4, -0.2) is 39.1 Å². The van der Waals surface area contributed by atoms with E-state index in [-0.39, 0.29) is 11.5 Å². The average molecular weight is 477 g/mol. The number of benzene rings is 2. The first-order valence-electron chi connectivity index (χ1n) is 9.94. The fourth-order valence-electron chi connectivity index (χ4n) is 3.26. The largest absolute Gasteiger partial charge is 0.490 e. The third kappa shape index (κ3) is 4.79. The maximum Gasteiger partial charge on any atom is 0.321 e. The summed E-state index contributed by atoms with van der Waals surface area (Å²) in [5.41, 5.74) is 1.97. The van der Waals surface area contributed by atoms with E-state index in [1.165, 1.54) is 18.2 Å². The summed E-state index contributed by atoms with van der Waals surface area (Å²) >= 11 is 6.37. The van der Waals surface area contributed by atoms with Crippen LogP contribution < -0.4 is 14.2 Å². The number of hydrogen-bond donors (Lipinski definition) is 1. The van der Waals surface area contributed by atoms with Gasteiger partial charge in [-0.2, -0.15) is 4.72 Å². The minimum absolute atomic E-state index is 0.0376. The molecule has 32 heavy (non-hydrogen) atoms. The molecule has 0 unspecified atom stereocenters. The highest BCUT2D eigenvalue weighted by Gasteiger charge is 2.20. The molecule has 10 heteroatoms. The van der Waals surface area contributed by atoms with Gasteiger partial charge in [-0.05, 0) is 30.7 Å². The van der Waals surface area contributed by atoms with Gasteiger partial charge in [0.25, 0.3) is 0 Å². The SMILES string of the molecule is Cc1c(Cl)c(COC(=O)CNS(=O)(=O)c2ccc3c(c2)OCCCO3)nc2ccccc12. The van der Waals surface area contributed by atoms with Crippen LogP contribution in [0.3, 0.4) is 0 Å². The van der Waals surface area contributed by atoms with Gasteiger partial charge in [0.1, 0.15) is 13.2 Å². The van der Waals surface area contributed by atoms with Crippen LogP contribution >= 0.6 is 11.6 Å². The number of nitrogens with zero attached hydrogens (tertiary/aromatic N) is 1. The van der Waals surface area contributed by atoms with Gasteiger partial charge in [0, 0.05) is 17.9 Å². The number of carbonyl (C=O) groups excluding carboxylic acids is 1. The number of carbonyl (C=O) groups is 1. The molecule has 3 aromatic rings. The fraction of sp³-hybridized carbons (Fsp3) is 0.273. The molecule has 0 amide bonds. The van der Waals surface area contributed by atoms with Crippen LogP contribution in [0.5, 0.6) is 11.5 Å². The zero-order chi connectivity index (χ0) is 22.7. The number of halogens is 1. The van der Waals surface area contributed by atoms with Crippen molar-refractivity contribution in [2.45, 2.75) is 24.8 Å². The molecule has 168 valence electrons. The molecule has 0 radical (unpaired) electrons. The molecule has 2 heterocycles. The van der Waals surface area contributed by atoms with Crippen LogP contribution in [-0.2, 0) is 26.2 Å². The van der Waals surface area contributed by atoms with Gasteiger partial charge in [0.2, 0.25) is 10.0 Å². The molecule has 0 saturated heterocycles. The molecule has 0 spiro atoms. The number of fused-ring (bicyclic) bond motifs is 2. The summed E-state index contributed by atoms with van der Waals surface area (Å²) in [6.07, 6.45) is 0.705. The van der Waals surface area contributed by atoms with Crippen molar-refractivity contribution in [2.24, 2.45) is 0 Å². The number of sulfonamides is 1. The molecular formula is C22H21ClN2O6S. The lowest BCUT2D eigenvalue weighted by Gasteiger charge is -2.12. The summed E-state index contributed by atoms with van der Waals surface area (Å²) < 4.78 is 43.6. The summed E-state index contributed by atoms with van der Waals surface area (Å²) in [4.78, 5) is 16.6. The first kappa shape index (κ1) is 22.3. The molecule has 0 aliphatic carbocycles. The first-order chi connectivity index (χ1) is 15.3. The second kappa shape index (κ2) is 9.32. The maximum atomic E-state index is 12.6. The van der Waals surface area contributed by atoms with Crippen molar-refractivity contribution in [1.29, 1.82) is 0 Å². The predicted molar refractivity (Wildman–Crippen MR) is 119 cm³/mol. The van der Waals surface area contributed by atoms with Crippen LogP contribution in [0.2, 0.25) is 5.02 Å². The summed E-state index contributed by atoms with van der Waals surface area (Å²) in [6.45, 7) is 2.08. The maximum absolute atomic E-state index is 12.6. The lowest BCUT2D eigenvalue weighted by molar-refractivity contribution is -0.143. The molecule has 1 aromatic heterocycles. The fourth-order valence-corrected chi connectivity index (χ4v) is 4.44. The Bertz CT molecular complexity index is 1280. The molecular weight excluding hydrogens is 456 g/mol. The van der Waals surface area contributed by atoms with E-state index in [1.54, 1.807) is 0 Å². The van der Waals surface area contributed by atoms with Crippen molar-refractivity contribution in [3.8, 4) is 11.5 Å². The van der Waals surface area contributed by atoms with E-state index in [9.17, 15) is 13.2 Å². The normalized spacial score (nSPS) is 13.6. The number of rotatable bonds is 6. The van der Waals surface area contributed by atoms with E-state index in [0.29, 0.717) is 41.9 Å². The number of ether oxygens (including phenoxy) is 3. The number of hydrogen-bond acceptors (Lipinski definition) is 7. The average Bonchev–Trinajstić information content (AvgIpc) is 3.04. The molecule has 1 aliphatic heterocycles. The third-order valence-corrected chi connectivity index (χ3v) is 6.85. The van der Waals surface area contributed by atoms with E-state index in [1.807, 2.05) is 31.2 Å². The molecule has 0 fully saturated rings. The highest BCUT2D eigenvalue weighted by Crippen LogP contribution is 2.32. The van der Waals surface area contributed by atoms with E-state index in [4.69, 9.17) is 25.8 Å². The van der Waals surface area contributed by atoms with E-state index in [0.717, 1.165) is 16.5 Å². The second-order valence-electron chi connectivity index (χ2n) is 7.16. The van der Waals surface area contributed by atoms with Crippen LogP contribution in [0.25, 0.3) is 10.9 Å². The lowest BCUT2D eigenvalue weighted by atomic mass is 10.1. The van der Waals surface area contributed by atoms with Crippen LogP contribution in [0.15, 0.2) is 47.4 Å². The zero-order valence-electron chi connectivity index (χ0n) is 17.3. The van der Waals surface area contributed by atoms with E-state index < -0.39 is 22.5 Å². The van der Waals surface area contributed by atoms with Crippen molar-refractivity contribution in [2.75, 3.05) is 19.8 Å². The number of aryl methyl sites for hydroxylation is 1. The van der Waals surface area contributed by atoms with Gasteiger partial charge in [-0.15, -0.1) is 0 Å². The summed E-state index contributed by atoms with van der Waals surface area (Å²) in [5.74, 6) is 0.0721. The third-order valence-electron chi connectivity index (χ3n) is 4.95. The molecule has 8 nitrogen and oxygen atoms in total. The number of aromatic nitrogens is 1. The zero-order valence-corrected chi connectivity index (χ0v) is 18.8. The Morgan fingerprint density at radius 3 is 2.72 bits per heavy atom. The molecule has 1 N–H and O–H groups in total. The van der Waals surface area contributed by atoms with Crippen LogP contribution in [0.1, 0.15) is 17.7 Å². The Morgan fingerprint density at radius 2 is 1.91 bits per heavy atom. The summed E-state index contributed by atoms with van der Waals surface area (Å²) in [6, 6.07) is 11.8. The van der Waals surface area contributed by atoms with Gasteiger partial charge in [-0.1, -0.05) is 29.8 Å². The molecule has 0 bridgehead atoms. The van der Waals surface area contributed by atoms with Gasteiger partial charge in [0.15, 0.2) is 11.5 Å². The van der Waals surface area contributed by atoms with Crippen molar-refractivity contribution < 1.29 is 27.4 Å². The number of esters is 1. The van der Waals surface area contributed by atoms with Crippen LogP contribution in [0, 0.1) is 6.92 Å². The topological polar surface area (TPSA) is 104 Å². The Hall–Kier alpha value is -2.88. The molecule has 1 aliphatic rings. The van der Waals surface area contributed by atoms with Crippen molar-refractivity contribution in [3.05, 3.63) is 58.7 Å². The second-order valence-corrected chi connectivity index (χ2v) is 9.30. The Balaban J connectivity index is 1.39. The van der Waals surface area contributed by atoms with Crippen molar-refractivity contribution in [3.63, 3.8) is 0 Å². The van der Waals surface area contributed by atoms with Crippen molar-refractivity contribution >= 4 is 38.5 Å². The van der Waals surface area contributed by atoms with Crippen molar-refractivity contribution in [1.82, 2.24) is 9.71 Å².